The van der Waals surface area contributed by atoms with E-state index in [1.54, 1.807) is 4.90 Å². The van der Waals surface area contributed by atoms with Crippen molar-refractivity contribution in [3.8, 4) is 0 Å². The van der Waals surface area contributed by atoms with Gasteiger partial charge in [-0.05, 0) is 37.5 Å². The van der Waals surface area contributed by atoms with Gasteiger partial charge in [0, 0.05) is 32.1 Å². The molecule has 2 aliphatic heterocycles. The number of nitrogens with one attached hydrogen (secondary N) is 1. The maximum Gasteiger partial charge on any atom is 0.245 e. The number of nitrogens with two attached hydrogens (primary N) is 1. The zero-order chi connectivity index (χ0) is 20.1. The first-order valence-electron chi connectivity index (χ1n) is 10.3. The molecular weight excluding hydrogens is 344 g/mol. The SMILES string of the molecule is CC(C)CC(C(=O)N1CCC(C(N)=O)CC1)N1CCN[C@@H](CC(C)C)C1=O. The minimum atomic E-state index is -0.417. The summed E-state index contributed by atoms with van der Waals surface area (Å²) >= 11 is 0. The largest absolute Gasteiger partial charge is 0.369 e. The van der Waals surface area contributed by atoms with Crippen LogP contribution in [-0.2, 0) is 14.4 Å². The van der Waals surface area contributed by atoms with Crippen LogP contribution in [0.2, 0.25) is 0 Å². The van der Waals surface area contributed by atoms with Crippen molar-refractivity contribution in [1.82, 2.24) is 15.1 Å². The normalized spacial score (nSPS) is 23.2. The number of amides is 3. The van der Waals surface area contributed by atoms with E-state index in [-0.39, 0.29) is 29.7 Å². The Morgan fingerprint density at radius 1 is 1.11 bits per heavy atom. The third-order valence-electron chi connectivity index (χ3n) is 5.60. The quantitative estimate of drug-likeness (QED) is 0.688. The average Bonchev–Trinajstić information content (AvgIpc) is 2.60. The van der Waals surface area contributed by atoms with Crippen LogP contribution >= 0.6 is 0 Å². The highest BCUT2D eigenvalue weighted by Gasteiger charge is 2.39. The number of carbonyl (C=O) groups is 3. The van der Waals surface area contributed by atoms with Crippen molar-refractivity contribution < 1.29 is 14.4 Å². The predicted octanol–water partition coefficient (Wildman–Crippen LogP) is 0.972. The highest BCUT2D eigenvalue weighted by Crippen LogP contribution is 2.23. The highest BCUT2D eigenvalue weighted by atomic mass is 16.2. The Hall–Kier alpha value is -1.63. The summed E-state index contributed by atoms with van der Waals surface area (Å²) in [6, 6.07) is -0.624. The lowest BCUT2D eigenvalue weighted by Gasteiger charge is -2.42. The van der Waals surface area contributed by atoms with Crippen LogP contribution in [0.1, 0.15) is 53.4 Å². The summed E-state index contributed by atoms with van der Waals surface area (Å²) in [7, 11) is 0. The summed E-state index contributed by atoms with van der Waals surface area (Å²) in [5.74, 6) is 0.362. The third kappa shape index (κ3) is 5.67. The first-order chi connectivity index (χ1) is 12.7. The molecule has 27 heavy (non-hydrogen) atoms. The van der Waals surface area contributed by atoms with Gasteiger partial charge in [-0.1, -0.05) is 27.7 Å². The van der Waals surface area contributed by atoms with Gasteiger partial charge >= 0.3 is 0 Å². The maximum atomic E-state index is 13.3. The minimum absolute atomic E-state index is 0.0187. The third-order valence-corrected chi connectivity index (χ3v) is 5.60. The molecule has 0 saturated carbocycles. The van der Waals surface area contributed by atoms with Gasteiger partial charge in [0.15, 0.2) is 0 Å². The van der Waals surface area contributed by atoms with Crippen molar-refractivity contribution in [2.45, 2.75) is 65.5 Å². The summed E-state index contributed by atoms with van der Waals surface area (Å²) in [6.07, 6.45) is 2.67. The topological polar surface area (TPSA) is 95.7 Å². The van der Waals surface area contributed by atoms with E-state index < -0.39 is 6.04 Å². The fourth-order valence-corrected chi connectivity index (χ4v) is 4.12. The molecule has 2 rings (SSSR count). The molecule has 0 bridgehead atoms. The Labute approximate surface area is 163 Å². The summed E-state index contributed by atoms with van der Waals surface area (Å²) in [6.45, 7) is 10.7. The van der Waals surface area contributed by atoms with Crippen molar-refractivity contribution in [3.63, 3.8) is 0 Å². The molecule has 0 aromatic carbocycles. The average molecular weight is 381 g/mol. The molecule has 0 radical (unpaired) electrons. The Balaban J connectivity index is 2.11. The molecule has 2 fully saturated rings. The fraction of sp³-hybridized carbons (Fsp3) is 0.850. The van der Waals surface area contributed by atoms with Crippen molar-refractivity contribution in [2.24, 2.45) is 23.5 Å². The van der Waals surface area contributed by atoms with E-state index in [2.05, 4.69) is 33.0 Å². The number of carbonyl (C=O) groups excluding carboxylic acids is 3. The minimum Gasteiger partial charge on any atom is -0.369 e. The Kier molecular flexibility index (Phi) is 7.65. The second-order valence-corrected chi connectivity index (χ2v) is 8.82. The first kappa shape index (κ1) is 21.7. The molecule has 7 heteroatoms. The zero-order valence-electron chi connectivity index (χ0n) is 17.2. The van der Waals surface area contributed by atoms with Crippen LogP contribution < -0.4 is 11.1 Å². The van der Waals surface area contributed by atoms with Crippen LogP contribution in [0.5, 0.6) is 0 Å². The number of nitrogens with zero attached hydrogens (tertiary/aromatic N) is 2. The van der Waals surface area contributed by atoms with Crippen LogP contribution in [0.4, 0.5) is 0 Å². The first-order valence-corrected chi connectivity index (χ1v) is 10.3. The standard InChI is InChI=1S/C20H36N4O3/c1-13(2)11-16-19(26)24(10-7-22-16)17(12-14(3)4)20(27)23-8-5-15(6-9-23)18(21)25/h13-17,22H,5-12H2,1-4H3,(H2,21,25)/t16-,17?/m0/s1. The van der Waals surface area contributed by atoms with Gasteiger partial charge in [0.2, 0.25) is 17.7 Å². The number of hydrogen-bond acceptors (Lipinski definition) is 4. The number of piperidine rings is 1. The molecule has 0 aromatic rings. The number of likely N-dealkylation sites (tertiary alicyclic amines) is 1. The number of hydrogen-bond donors (Lipinski definition) is 2. The molecule has 2 aliphatic rings. The van der Waals surface area contributed by atoms with Gasteiger partial charge in [-0.3, -0.25) is 14.4 Å². The van der Waals surface area contributed by atoms with E-state index in [0.29, 0.717) is 50.7 Å². The highest BCUT2D eigenvalue weighted by molar-refractivity contribution is 5.90. The zero-order valence-corrected chi connectivity index (χ0v) is 17.2. The van der Waals surface area contributed by atoms with Crippen molar-refractivity contribution >= 4 is 17.7 Å². The molecule has 3 N–H and O–H groups in total. The van der Waals surface area contributed by atoms with E-state index in [4.69, 9.17) is 5.73 Å². The second kappa shape index (κ2) is 9.53. The molecule has 0 aliphatic carbocycles. The maximum absolute atomic E-state index is 13.3. The van der Waals surface area contributed by atoms with Gasteiger partial charge in [0.25, 0.3) is 0 Å². The van der Waals surface area contributed by atoms with E-state index in [9.17, 15) is 14.4 Å². The van der Waals surface area contributed by atoms with E-state index in [1.807, 2.05) is 4.90 Å². The van der Waals surface area contributed by atoms with Crippen molar-refractivity contribution in [3.05, 3.63) is 0 Å². The molecule has 0 spiro atoms. The van der Waals surface area contributed by atoms with Gasteiger partial charge in [-0.25, -0.2) is 0 Å². The van der Waals surface area contributed by atoms with Gasteiger partial charge < -0.3 is 20.9 Å². The number of piperazine rings is 1. The number of rotatable bonds is 7. The lowest BCUT2D eigenvalue weighted by Crippen LogP contribution is -2.62. The van der Waals surface area contributed by atoms with E-state index >= 15 is 0 Å². The molecule has 0 aromatic heterocycles. The van der Waals surface area contributed by atoms with Gasteiger partial charge in [0.05, 0.1) is 6.04 Å². The molecule has 2 heterocycles. The van der Waals surface area contributed by atoms with Crippen molar-refractivity contribution in [1.29, 1.82) is 0 Å². The molecule has 7 nitrogen and oxygen atoms in total. The lowest BCUT2D eigenvalue weighted by atomic mass is 9.93. The molecule has 2 saturated heterocycles. The molecule has 2 atom stereocenters. The Morgan fingerprint density at radius 2 is 1.74 bits per heavy atom. The summed E-state index contributed by atoms with van der Waals surface area (Å²) in [5.41, 5.74) is 5.40. The summed E-state index contributed by atoms with van der Waals surface area (Å²) < 4.78 is 0. The van der Waals surface area contributed by atoms with Crippen LogP contribution in [0.3, 0.4) is 0 Å². The Morgan fingerprint density at radius 3 is 2.26 bits per heavy atom. The lowest BCUT2D eigenvalue weighted by molar-refractivity contribution is -0.150. The van der Waals surface area contributed by atoms with Crippen LogP contribution in [0.25, 0.3) is 0 Å². The van der Waals surface area contributed by atoms with Crippen LogP contribution in [0, 0.1) is 17.8 Å². The van der Waals surface area contributed by atoms with Gasteiger partial charge in [-0.2, -0.15) is 0 Å². The molecule has 1 unspecified atom stereocenters. The van der Waals surface area contributed by atoms with Crippen LogP contribution in [0.15, 0.2) is 0 Å². The monoisotopic (exact) mass is 380 g/mol. The fourth-order valence-electron chi connectivity index (χ4n) is 4.12. The summed E-state index contributed by atoms with van der Waals surface area (Å²) in [4.78, 5) is 41.3. The van der Waals surface area contributed by atoms with Crippen molar-refractivity contribution in [2.75, 3.05) is 26.2 Å². The van der Waals surface area contributed by atoms with Crippen LogP contribution in [-0.4, -0.2) is 65.8 Å². The predicted molar refractivity (Wildman–Crippen MR) is 105 cm³/mol. The molecular formula is C20H36N4O3. The second-order valence-electron chi connectivity index (χ2n) is 8.82. The molecule has 3 amide bonds. The molecule has 154 valence electrons. The van der Waals surface area contributed by atoms with Gasteiger partial charge in [-0.15, -0.1) is 0 Å². The smallest absolute Gasteiger partial charge is 0.245 e. The summed E-state index contributed by atoms with van der Waals surface area (Å²) in [5, 5.41) is 3.31. The van der Waals surface area contributed by atoms with Gasteiger partial charge in [0.1, 0.15) is 6.04 Å². The van der Waals surface area contributed by atoms with E-state index in [0.717, 1.165) is 13.0 Å². The van der Waals surface area contributed by atoms with E-state index in [1.165, 1.54) is 0 Å². The Bertz CT molecular complexity index is 541. The number of primary amides is 1.